The number of amides is 1. The number of hydrogen-bond acceptors (Lipinski definition) is 2. The minimum atomic E-state index is -0.236. The van der Waals surface area contributed by atoms with Crippen LogP contribution in [0.4, 0.5) is 0 Å². The Kier molecular flexibility index (Phi) is 5.73. The summed E-state index contributed by atoms with van der Waals surface area (Å²) in [6.45, 7) is 2.03. The summed E-state index contributed by atoms with van der Waals surface area (Å²) in [5, 5.41) is 2.82. The summed E-state index contributed by atoms with van der Waals surface area (Å²) in [6.07, 6.45) is 7.07. The molecule has 1 N–H and O–H groups in total. The van der Waals surface area contributed by atoms with Gasteiger partial charge in [-0.1, -0.05) is 19.3 Å². The Bertz CT molecular complexity index is 465. The fraction of sp³-hybridized carbons (Fsp3) is 0.357. The van der Waals surface area contributed by atoms with Crippen molar-refractivity contribution in [2.45, 2.75) is 25.8 Å². The lowest BCUT2D eigenvalue weighted by atomic mass is 10.1. The van der Waals surface area contributed by atoms with E-state index >= 15 is 0 Å². The van der Waals surface area contributed by atoms with Crippen molar-refractivity contribution >= 4 is 21.8 Å². The Labute approximate surface area is 116 Å². The summed E-state index contributed by atoms with van der Waals surface area (Å²) in [4.78, 5) is 12.1. The fourth-order valence-corrected chi connectivity index (χ4v) is 1.95. The Hall–Kier alpha value is -1.47. The lowest BCUT2D eigenvalue weighted by Gasteiger charge is -2.13. The molecule has 0 saturated carbocycles. The third-order valence-electron chi connectivity index (χ3n) is 2.50. The van der Waals surface area contributed by atoms with Crippen molar-refractivity contribution in [1.29, 1.82) is 0 Å². The normalized spacial score (nSPS) is 11.4. The van der Waals surface area contributed by atoms with Gasteiger partial charge in [-0.25, -0.2) is 0 Å². The van der Waals surface area contributed by atoms with Crippen molar-refractivity contribution in [3.63, 3.8) is 0 Å². The molecule has 0 radical (unpaired) electrons. The van der Waals surface area contributed by atoms with Crippen molar-refractivity contribution in [3.05, 3.63) is 28.2 Å². The molecule has 0 aliphatic rings. The van der Waals surface area contributed by atoms with Crippen molar-refractivity contribution < 1.29 is 9.53 Å². The number of terminal acetylenes is 1. The second kappa shape index (κ2) is 7.07. The van der Waals surface area contributed by atoms with Crippen LogP contribution >= 0.6 is 15.9 Å². The molecule has 1 unspecified atom stereocenters. The summed E-state index contributed by atoms with van der Waals surface area (Å²) >= 11 is 3.34. The van der Waals surface area contributed by atoms with Gasteiger partial charge in [0.05, 0.1) is 18.7 Å². The van der Waals surface area contributed by atoms with Crippen LogP contribution in [0.25, 0.3) is 0 Å². The lowest BCUT2D eigenvalue weighted by molar-refractivity contribution is 0.0943. The number of ether oxygens (including phenoxy) is 1. The highest BCUT2D eigenvalue weighted by molar-refractivity contribution is 9.10. The van der Waals surface area contributed by atoms with Crippen molar-refractivity contribution in [1.82, 2.24) is 5.32 Å². The van der Waals surface area contributed by atoms with Crippen LogP contribution in [0.3, 0.4) is 0 Å². The number of nitrogens with one attached hydrogen (secondary N) is 1. The van der Waals surface area contributed by atoms with E-state index in [0.717, 1.165) is 12.8 Å². The zero-order valence-corrected chi connectivity index (χ0v) is 12.1. The van der Waals surface area contributed by atoms with Crippen LogP contribution in [0.15, 0.2) is 22.7 Å². The van der Waals surface area contributed by atoms with Gasteiger partial charge in [0.25, 0.3) is 5.91 Å². The Morgan fingerprint density at radius 3 is 2.89 bits per heavy atom. The molecule has 0 fully saturated rings. The number of methoxy groups -OCH3 is 1. The molecule has 1 aromatic carbocycles. The quantitative estimate of drug-likeness (QED) is 0.849. The smallest absolute Gasteiger partial charge is 0.253 e. The topological polar surface area (TPSA) is 38.3 Å². The van der Waals surface area contributed by atoms with E-state index in [1.165, 1.54) is 0 Å². The third kappa shape index (κ3) is 3.78. The van der Waals surface area contributed by atoms with Crippen LogP contribution in [-0.4, -0.2) is 19.1 Å². The summed E-state index contributed by atoms with van der Waals surface area (Å²) in [6, 6.07) is 5.00. The Morgan fingerprint density at radius 1 is 1.61 bits per heavy atom. The molecule has 18 heavy (non-hydrogen) atoms. The van der Waals surface area contributed by atoms with Gasteiger partial charge in [0.15, 0.2) is 0 Å². The number of halogens is 1. The number of hydrogen-bond donors (Lipinski definition) is 1. The summed E-state index contributed by atoms with van der Waals surface area (Å²) < 4.78 is 5.81. The first kappa shape index (κ1) is 14.6. The molecule has 0 bridgehead atoms. The van der Waals surface area contributed by atoms with Gasteiger partial charge in [-0.3, -0.25) is 4.79 Å². The summed E-state index contributed by atoms with van der Waals surface area (Å²) in [7, 11) is 1.56. The second-order valence-electron chi connectivity index (χ2n) is 3.83. The first-order chi connectivity index (χ1) is 8.62. The maximum atomic E-state index is 12.1. The molecule has 0 aliphatic carbocycles. The van der Waals surface area contributed by atoms with E-state index in [4.69, 9.17) is 11.2 Å². The van der Waals surface area contributed by atoms with Crippen molar-refractivity contribution in [2.24, 2.45) is 0 Å². The van der Waals surface area contributed by atoms with Gasteiger partial charge in [-0.2, -0.15) is 0 Å². The highest BCUT2D eigenvalue weighted by atomic mass is 79.9. The molecule has 1 aromatic rings. The van der Waals surface area contributed by atoms with Crippen molar-refractivity contribution in [2.75, 3.05) is 7.11 Å². The summed E-state index contributed by atoms with van der Waals surface area (Å²) in [5.41, 5.74) is 0.519. The minimum Gasteiger partial charge on any atom is -0.497 e. The monoisotopic (exact) mass is 309 g/mol. The first-order valence-electron chi connectivity index (χ1n) is 5.72. The summed E-state index contributed by atoms with van der Waals surface area (Å²) in [5.74, 6) is 3.01. The molecule has 0 saturated heterocycles. The van der Waals surface area contributed by atoms with Crippen LogP contribution < -0.4 is 10.1 Å². The van der Waals surface area contributed by atoms with Crippen molar-refractivity contribution in [3.8, 4) is 18.1 Å². The highest BCUT2D eigenvalue weighted by Crippen LogP contribution is 2.22. The van der Waals surface area contributed by atoms with Gasteiger partial charge >= 0.3 is 0 Å². The molecule has 0 aromatic heterocycles. The van der Waals surface area contributed by atoms with Crippen LogP contribution in [0, 0.1) is 12.3 Å². The molecule has 1 atom stereocenters. The molecular formula is C14H16BrNO2. The number of benzene rings is 1. The van der Waals surface area contributed by atoms with Gasteiger partial charge in [0.2, 0.25) is 0 Å². The molecule has 1 amide bonds. The standard InChI is InChI=1S/C14H16BrNO2/c1-4-6-10(5-2)16-14(17)12-9-11(18-3)7-8-13(12)15/h2,7-10H,4,6H2,1,3H3,(H,16,17). The predicted octanol–water partition coefficient (Wildman–Crippen LogP) is 2.99. The van der Waals surface area contributed by atoms with E-state index in [2.05, 4.69) is 27.2 Å². The van der Waals surface area contributed by atoms with Gasteiger partial charge in [-0.15, -0.1) is 6.42 Å². The molecule has 96 valence electrons. The van der Waals surface area contributed by atoms with Gasteiger partial charge < -0.3 is 10.1 Å². The van der Waals surface area contributed by atoms with Gasteiger partial charge in [-0.05, 0) is 40.5 Å². The largest absolute Gasteiger partial charge is 0.497 e. The maximum Gasteiger partial charge on any atom is 0.253 e. The number of rotatable bonds is 5. The Morgan fingerprint density at radius 2 is 2.33 bits per heavy atom. The molecule has 3 nitrogen and oxygen atoms in total. The van der Waals surface area contributed by atoms with Gasteiger partial charge in [0.1, 0.15) is 5.75 Å². The molecule has 0 aliphatic heterocycles. The second-order valence-corrected chi connectivity index (χ2v) is 4.68. The van der Waals surface area contributed by atoms with E-state index in [-0.39, 0.29) is 11.9 Å². The number of carbonyl (C=O) groups excluding carboxylic acids is 1. The average Bonchev–Trinajstić information content (AvgIpc) is 2.38. The molecule has 4 heteroatoms. The van der Waals surface area contributed by atoms with Crippen LogP contribution in [-0.2, 0) is 0 Å². The fourth-order valence-electron chi connectivity index (χ4n) is 1.53. The lowest BCUT2D eigenvalue weighted by Crippen LogP contribution is -2.33. The van der Waals surface area contributed by atoms with E-state index in [1.807, 2.05) is 6.92 Å². The van der Waals surface area contributed by atoms with E-state index in [1.54, 1.807) is 25.3 Å². The Balaban J connectivity index is 2.86. The SMILES string of the molecule is C#CC(CCC)NC(=O)c1cc(OC)ccc1Br. The van der Waals surface area contributed by atoms with E-state index in [0.29, 0.717) is 15.8 Å². The highest BCUT2D eigenvalue weighted by Gasteiger charge is 2.14. The molecule has 0 spiro atoms. The maximum absolute atomic E-state index is 12.1. The van der Waals surface area contributed by atoms with E-state index < -0.39 is 0 Å². The van der Waals surface area contributed by atoms with Gasteiger partial charge in [0, 0.05) is 4.47 Å². The van der Waals surface area contributed by atoms with Crippen LogP contribution in [0.2, 0.25) is 0 Å². The molecular weight excluding hydrogens is 294 g/mol. The molecule has 1 rings (SSSR count). The average molecular weight is 310 g/mol. The third-order valence-corrected chi connectivity index (χ3v) is 3.19. The predicted molar refractivity (Wildman–Crippen MR) is 75.7 cm³/mol. The van der Waals surface area contributed by atoms with Crippen LogP contribution in [0.1, 0.15) is 30.1 Å². The minimum absolute atomic E-state index is 0.197. The van der Waals surface area contributed by atoms with E-state index in [9.17, 15) is 4.79 Å². The van der Waals surface area contributed by atoms with Crippen LogP contribution in [0.5, 0.6) is 5.75 Å². The number of carbonyl (C=O) groups is 1. The zero-order chi connectivity index (χ0) is 13.5. The zero-order valence-electron chi connectivity index (χ0n) is 10.5. The first-order valence-corrected chi connectivity index (χ1v) is 6.52. The molecule has 0 heterocycles.